The number of carbonyl (C=O) groups excluding carboxylic acids is 1. The fourth-order valence-corrected chi connectivity index (χ4v) is 5.38. The average Bonchev–Trinajstić information content (AvgIpc) is 3.41. The molecule has 0 saturated carbocycles. The molecule has 4 heterocycles. The minimum Gasteiger partial charge on any atom is -0.493 e. The fraction of sp³-hybridized carbons (Fsp3) is 0.273. The van der Waals surface area contributed by atoms with Gasteiger partial charge in [-0.05, 0) is 67.6 Å². The lowest BCUT2D eigenvalue weighted by atomic mass is 10.1. The first-order valence-electron chi connectivity index (χ1n) is 14.8. The number of nitrogens with one attached hydrogen (secondary N) is 1. The Morgan fingerprint density at radius 2 is 1.79 bits per heavy atom. The van der Waals surface area contributed by atoms with Crippen molar-refractivity contribution in [1.82, 2.24) is 24.9 Å². The van der Waals surface area contributed by atoms with Crippen molar-refractivity contribution in [3.63, 3.8) is 0 Å². The predicted molar refractivity (Wildman–Crippen MR) is 170 cm³/mol. The molecule has 3 N–H and O–H groups in total. The number of amides is 1. The SMILES string of the molecule is COc1cc(-c2ccc3nc(C)c(-c4cnc(N)c(C(F)(F)F)c4)n3n2)ccc1OCCNC(=O)c1ccc(N2CCOCC2)cc1. The molecule has 2 aromatic carbocycles. The topological polar surface area (TPSA) is 129 Å². The second-order valence-corrected chi connectivity index (χ2v) is 10.8. The van der Waals surface area contributed by atoms with Crippen LogP contribution in [0.1, 0.15) is 21.6 Å². The van der Waals surface area contributed by atoms with Crippen LogP contribution in [0.15, 0.2) is 66.9 Å². The number of imidazole rings is 1. The maximum absolute atomic E-state index is 13.5. The van der Waals surface area contributed by atoms with E-state index in [4.69, 9.17) is 19.9 Å². The highest BCUT2D eigenvalue weighted by atomic mass is 19.4. The fourth-order valence-electron chi connectivity index (χ4n) is 5.38. The van der Waals surface area contributed by atoms with E-state index in [0.29, 0.717) is 58.6 Å². The molecule has 0 atom stereocenters. The van der Waals surface area contributed by atoms with Gasteiger partial charge in [0, 0.05) is 41.7 Å². The van der Waals surface area contributed by atoms with Crippen LogP contribution >= 0.6 is 0 Å². The van der Waals surface area contributed by atoms with E-state index in [1.54, 1.807) is 49.4 Å². The summed E-state index contributed by atoms with van der Waals surface area (Å²) in [5.74, 6) is 0.0965. The smallest absolute Gasteiger partial charge is 0.419 e. The Balaban J connectivity index is 1.13. The van der Waals surface area contributed by atoms with Gasteiger partial charge < -0.3 is 30.2 Å². The lowest BCUT2D eigenvalue weighted by Crippen LogP contribution is -2.36. The number of aromatic nitrogens is 4. The zero-order valence-electron chi connectivity index (χ0n) is 25.7. The van der Waals surface area contributed by atoms with Gasteiger partial charge in [0.2, 0.25) is 0 Å². The van der Waals surface area contributed by atoms with Crippen LogP contribution in [0.5, 0.6) is 11.5 Å². The molecule has 5 aromatic rings. The Hall–Kier alpha value is -5.37. The number of carbonyl (C=O) groups is 1. The van der Waals surface area contributed by atoms with Crippen LogP contribution in [0, 0.1) is 6.92 Å². The number of rotatable bonds is 9. The number of nitrogen functional groups attached to an aromatic ring is 1. The monoisotopic (exact) mass is 647 g/mol. The Kier molecular flexibility index (Phi) is 8.85. The first kappa shape index (κ1) is 31.6. The van der Waals surface area contributed by atoms with Gasteiger partial charge in [-0.25, -0.2) is 14.5 Å². The van der Waals surface area contributed by atoms with Crippen LogP contribution in [0.3, 0.4) is 0 Å². The first-order valence-corrected chi connectivity index (χ1v) is 14.8. The average molecular weight is 648 g/mol. The van der Waals surface area contributed by atoms with E-state index in [1.165, 1.54) is 17.8 Å². The van der Waals surface area contributed by atoms with E-state index in [0.717, 1.165) is 24.8 Å². The zero-order valence-corrected chi connectivity index (χ0v) is 25.7. The van der Waals surface area contributed by atoms with E-state index >= 15 is 0 Å². The first-order chi connectivity index (χ1) is 22.6. The number of halogens is 3. The standard InChI is InChI=1S/C33H32F3N7O4/c1-20-30(23-17-25(33(34,35)36)31(37)39-19-23)43-29(40-20)10-8-26(41-43)22-5-9-27(28(18-22)45-2)47-14-11-38-32(44)21-3-6-24(7-4-21)42-12-15-46-16-13-42/h3-10,17-19H,11-16H2,1-2H3,(H2,37,39)(H,38,44). The van der Waals surface area contributed by atoms with Crippen molar-refractivity contribution in [2.45, 2.75) is 13.1 Å². The van der Waals surface area contributed by atoms with Crippen LogP contribution in [0.25, 0.3) is 28.2 Å². The van der Waals surface area contributed by atoms with Gasteiger partial charge >= 0.3 is 6.18 Å². The molecule has 1 amide bonds. The third-order valence-electron chi connectivity index (χ3n) is 7.76. The van der Waals surface area contributed by atoms with E-state index in [9.17, 15) is 18.0 Å². The van der Waals surface area contributed by atoms with E-state index in [-0.39, 0.29) is 24.6 Å². The number of hydrogen-bond donors (Lipinski definition) is 2. The molecule has 47 heavy (non-hydrogen) atoms. The summed E-state index contributed by atoms with van der Waals surface area (Å²) in [7, 11) is 1.51. The molecular formula is C33H32F3N7O4. The molecule has 6 rings (SSSR count). The number of methoxy groups -OCH3 is 1. The van der Waals surface area contributed by atoms with Gasteiger partial charge in [-0.3, -0.25) is 4.79 Å². The third kappa shape index (κ3) is 6.77. The number of benzene rings is 2. The van der Waals surface area contributed by atoms with Crippen LogP contribution in [-0.4, -0.2) is 72.1 Å². The Labute approximate surface area is 268 Å². The second kappa shape index (κ2) is 13.2. The summed E-state index contributed by atoms with van der Waals surface area (Å²) in [5, 5.41) is 7.54. The van der Waals surface area contributed by atoms with Gasteiger partial charge in [0.15, 0.2) is 17.1 Å². The van der Waals surface area contributed by atoms with E-state index in [1.807, 2.05) is 12.1 Å². The second-order valence-electron chi connectivity index (χ2n) is 10.8. The van der Waals surface area contributed by atoms with Crippen LogP contribution in [0.4, 0.5) is 24.7 Å². The van der Waals surface area contributed by atoms with E-state index < -0.39 is 17.6 Å². The molecule has 3 aromatic heterocycles. The minimum absolute atomic E-state index is 0.180. The van der Waals surface area contributed by atoms with Crippen molar-refractivity contribution in [2.75, 3.05) is 57.2 Å². The van der Waals surface area contributed by atoms with Crippen LogP contribution in [0.2, 0.25) is 0 Å². The summed E-state index contributed by atoms with van der Waals surface area (Å²) in [6.45, 7) is 5.18. The highest BCUT2D eigenvalue weighted by molar-refractivity contribution is 5.94. The number of pyridine rings is 1. The summed E-state index contributed by atoms with van der Waals surface area (Å²) in [4.78, 5) is 23.1. The van der Waals surface area contributed by atoms with Crippen LogP contribution in [-0.2, 0) is 10.9 Å². The number of hydrogen-bond acceptors (Lipinski definition) is 9. The highest BCUT2D eigenvalue weighted by Gasteiger charge is 2.34. The maximum atomic E-state index is 13.5. The molecular weight excluding hydrogens is 615 g/mol. The quantitative estimate of drug-likeness (QED) is 0.212. The molecule has 0 unspecified atom stereocenters. The van der Waals surface area contributed by atoms with Crippen LogP contribution < -0.4 is 25.4 Å². The van der Waals surface area contributed by atoms with Gasteiger partial charge in [0.1, 0.15) is 12.4 Å². The molecule has 11 nitrogen and oxygen atoms in total. The van der Waals surface area contributed by atoms with Crippen molar-refractivity contribution in [1.29, 1.82) is 0 Å². The molecule has 1 aliphatic heterocycles. The van der Waals surface area contributed by atoms with Crippen molar-refractivity contribution >= 4 is 23.1 Å². The lowest BCUT2D eigenvalue weighted by Gasteiger charge is -2.28. The molecule has 0 bridgehead atoms. The Bertz CT molecular complexity index is 1910. The van der Waals surface area contributed by atoms with Gasteiger partial charge in [-0.2, -0.15) is 18.3 Å². The zero-order chi connectivity index (χ0) is 33.1. The summed E-state index contributed by atoms with van der Waals surface area (Å²) in [6.07, 6.45) is -3.39. The van der Waals surface area contributed by atoms with E-state index in [2.05, 4.69) is 25.3 Å². The van der Waals surface area contributed by atoms with Gasteiger partial charge in [0.25, 0.3) is 5.91 Å². The summed E-state index contributed by atoms with van der Waals surface area (Å²) < 4.78 is 59.0. The van der Waals surface area contributed by atoms with Gasteiger partial charge in [-0.15, -0.1) is 0 Å². The number of anilines is 2. The number of nitrogens with two attached hydrogens (primary N) is 1. The Morgan fingerprint density at radius 1 is 1.02 bits per heavy atom. The number of nitrogens with zero attached hydrogens (tertiary/aromatic N) is 5. The lowest BCUT2D eigenvalue weighted by molar-refractivity contribution is -0.137. The van der Waals surface area contributed by atoms with Crippen molar-refractivity contribution in [3.8, 4) is 34.0 Å². The molecule has 0 aliphatic carbocycles. The number of morpholine rings is 1. The predicted octanol–water partition coefficient (Wildman–Crippen LogP) is 5.02. The summed E-state index contributed by atoms with van der Waals surface area (Å²) >= 11 is 0. The minimum atomic E-state index is -4.67. The van der Waals surface area contributed by atoms with Crippen molar-refractivity contribution < 1.29 is 32.2 Å². The van der Waals surface area contributed by atoms with Crippen molar-refractivity contribution in [2.24, 2.45) is 0 Å². The summed E-state index contributed by atoms with van der Waals surface area (Å²) in [5.41, 5.74) is 8.76. The van der Waals surface area contributed by atoms with Gasteiger partial charge in [-0.1, -0.05) is 0 Å². The van der Waals surface area contributed by atoms with Gasteiger partial charge in [0.05, 0.1) is 49.5 Å². The molecule has 1 aliphatic rings. The normalized spacial score (nSPS) is 13.5. The number of aryl methyl sites for hydroxylation is 1. The molecule has 1 fully saturated rings. The summed E-state index contributed by atoms with van der Waals surface area (Å²) in [6, 6.07) is 17.2. The Morgan fingerprint density at radius 3 is 2.51 bits per heavy atom. The third-order valence-corrected chi connectivity index (χ3v) is 7.76. The highest BCUT2D eigenvalue weighted by Crippen LogP contribution is 2.36. The number of alkyl halides is 3. The molecule has 0 radical (unpaired) electrons. The largest absolute Gasteiger partial charge is 0.493 e. The molecule has 0 spiro atoms. The number of ether oxygens (including phenoxy) is 3. The molecule has 244 valence electrons. The maximum Gasteiger partial charge on any atom is 0.419 e. The number of fused-ring (bicyclic) bond motifs is 1. The molecule has 14 heteroatoms. The molecule has 1 saturated heterocycles. The van der Waals surface area contributed by atoms with Crippen molar-refractivity contribution in [3.05, 3.63) is 83.7 Å².